The quantitative estimate of drug-likeness (QED) is 0.639. The smallest absolute Gasteiger partial charge is 0.261 e. The lowest BCUT2D eigenvalue weighted by Gasteiger charge is -2.29. The average Bonchev–Trinajstić information content (AvgIpc) is 2.72. The first-order valence-electron chi connectivity index (χ1n) is 10.6. The van der Waals surface area contributed by atoms with Crippen LogP contribution in [0.4, 0.5) is 0 Å². The lowest BCUT2D eigenvalue weighted by atomic mass is 10.0. The van der Waals surface area contributed by atoms with E-state index in [-0.39, 0.29) is 24.5 Å². The van der Waals surface area contributed by atoms with Crippen molar-refractivity contribution in [2.75, 3.05) is 13.2 Å². The van der Waals surface area contributed by atoms with E-state index in [2.05, 4.69) is 19.2 Å². The van der Waals surface area contributed by atoms with Crippen molar-refractivity contribution >= 4 is 11.8 Å². The molecule has 0 saturated carbocycles. The number of carbonyl (C=O) groups is 2. The minimum atomic E-state index is -0.574. The average molecular weight is 411 g/mol. The van der Waals surface area contributed by atoms with Crippen molar-refractivity contribution in [3.8, 4) is 5.75 Å². The topological polar surface area (TPSA) is 58.6 Å². The normalized spacial score (nSPS) is 12.0. The molecule has 0 bridgehead atoms. The SMILES string of the molecule is CC(C)NC(=O)[C@H](C)N(CCc1ccccc1)C(=O)COc1ccc(C(C)C)cc1. The molecular formula is C25H34N2O3. The van der Waals surface area contributed by atoms with Crippen LogP contribution in [0.25, 0.3) is 0 Å². The van der Waals surface area contributed by atoms with Gasteiger partial charge in [0.15, 0.2) is 6.61 Å². The summed E-state index contributed by atoms with van der Waals surface area (Å²) in [6, 6.07) is 17.2. The molecule has 0 aliphatic carbocycles. The zero-order valence-electron chi connectivity index (χ0n) is 18.7. The van der Waals surface area contributed by atoms with Crippen LogP contribution in [0.5, 0.6) is 5.75 Å². The fraction of sp³-hybridized carbons (Fsp3) is 0.440. The highest BCUT2D eigenvalue weighted by molar-refractivity contribution is 5.88. The van der Waals surface area contributed by atoms with Crippen LogP contribution in [-0.2, 0) is 16.0 Å². The fourth-order valence-corrected chi connectivity index (χ4v) is 3.15. The molecule has 0 saturated heterocycles. The number of carbonyl (C=O) groups excluding carboxylic acids is 2. The van der Waals surface area contributed by atoms with Gasteiger partial charge in [-0.3, -0.25) is 9.59 Å². The lowest BCUT2D eigenvalue weighted by Crippen LogP contribution is -2.51. The molecule has 0 heterocycles. The molecule has 5 nitrogen and oxygen atoms in total. The highest BCUT2D eigenvalue weighted by atomic mass is 16.5. The summed E-state index contributed by atoms with van der Waals surface area (Å²) in [5.74, 6) is 0.725. The van der Waals surface area contributed by atoms with Crippen LogP contribution in [0.3, 0.4) is 0 Å². The summed E-state index contributed by atoms with van der Waals surface area (Å²) in [5, 5.41) is 2.89. The zero-order valence-corrected chi connectivity index (χ0v) is 18.7. The number of nitrogens with zero attached hydrogens (tertiary/aromatic N) is 1. The summed E-state index contributed by atoms with van der Waals surface area (Å²) in [5.41, 5.74) is 2.34. The number of rotatable bonds is 10. The van der Waals surface area contributed by atoms with Gasteiger partial charge in [-0.25, -0.2) is 0 Å². The molecule has 0 fully saturated rings. The Labute approximate surface area is 180 Å². The summed E-state index contributed by atoms with van der Waals surface area (Å²) < 4.78 is 5.72. The van der Waals surface area contributed by atoms with E-state index in [1.165, 1.54) is 5.56 Å². The molecule has 0 aromatic heterocycles. The molecule has 162 valence electrons. The van der Waals surface area contributed by atoms with E-state index in [9.17, 15) is 9.59 Å². The second-order valence-electron chi connectivity index (χ2n) is 8.17. The Kier molecular flexibility index (Phi) is 8.90. The van der Waals surface area contributed by atoms with E-state index in [0.29, 0.717) is 24.6 Å². The van der Waals surface area contributed by atoms with Crippen molar-refractivity contribution in [2.45, 2.75) is 59.0 Å². The third-order valence-corrected chi connectivity index (χ3v) is 4.99. The van der Waals surface area contributed by atoms with E-state index < -0.39 is 6.04 Å². The Morgan fingerprint density at radius 1 is 0.933 bits per heavy atom. The van der Waals surface area contributed by atoms with Gasteiger partial charge in [0.1, 0.15) is 11.8 Å². The molecule has 2 aromatic rings. The van der Waals surface area contributed by atoms with Crippen molar-refractivity contribution in [1.82, 2.24) is 10.2 Å². The third kappa shape index (κ3) is 7.21. The van der Waals surface area contributed by atoms with Crippen LogP contribution in [0.2, 0.25) is 0 Å². The maximum atomic E-state index is 13.0. The predicted octanol–water partition coefficient (Wildman–Crippen LogP) is 4.17. The first kappa shape index (κ1) is 23.5. The first-order valence-corrected chi connectivity index (χ1v) is 10.6. The molecular weight excluding hydrogens is 376 g/mol. The van der Waals surface area contributed by atoms with Crippen molar-refractivity contribution in [3.05, 3.63) is 65.7 Å². The Morgan fingerprint density at radius 2 is 1.57 bits per heavy atom. The third-order valence-electron chi connectivity index (χ3n) is 4.99. The number of hydrogen-bond donors (Lipinski definition) is 1. The van der Waals surface area contributed by atoms with Crippen LogP contribution in [0.15, 0.2) is 54.6 Å². The maximum absolute atomic E-state index is 13.0. The molecule has 5 heteroatoms. The second kappa shape index (κ2) is 11.4. The van der Waals surface area contributed by atoms with Crippen molar-refractivity contribution in [2.24, 2.45) is 0 Å². The summed E-state index contributed by atoms with van der Waals surface area (Å²) in [6.45, 7) is 10.2. The number of benzene rings is 2. The Morgan fingerprint density at radius 3 is 2.13 bits per heavy atom. The van der Waals surface area contributed by atoms with Gasteiger partial charge in [0.25, 0.3) is 5.91 Å². The summed E-state index contributed by atoms with van der Waals surface area (Å²) in [4.78, 5) is 27.1. The van der Waals surface area contributed by atoms with Crippen molar-refractivity contribution in [3.63, 3.8) is 0 Å². The number of amides is 2. The van der Waals surface area contributed by atoms with Crippen LogP contribution in [-0.4, -0.2) is 41.9 Å². The molecule has 2 aromatic carbocycles. The molecule has 1 N–H and O–H groups in total. The Bertz CT molecular complexity index is 801. The van der Waals surface area contributed by atoms with E-state index in [4.69, 9.17) is 4.74 Å². The molecule has 0 aliphatic rings. The Hall–Kier alpha value is -2.82. The van der Waals surface area contributed by atoms with Crippen LogP contribution in [0.1, 0.15) is 51.7 Å². The van der Waals surface area contributed by atoms with Crippen LogP contribution < -0.4 is 10.1 Å². The fourth-order valence-electron chi connectivity index (χ4n) is 3.15. The molecule has 1 atom stereocenters. The Balaban J connectivity index is 2.05. The predicted molar refractivity (Wildman–Crippen MR) is 121 cm³/mol. The van der Waals surface area contributed by atoms with Gasteiger partial charge in [-0.2, -0.15) is 0 Å². The van der Waals surface area contributed by atoms with Crippen LogP contribution >= 0.6 is 0 Å². The van der Waals surface area contributed by atoms with Gasteiger partial charge in [-0.05, 0) is 56.4 Å². The van der Waals surface area contributed by atoms with Crippen molar-refractivity contribution in [1.29, 1.82) is 0 Å². The van der Waals surface area contributed by atoms with E-state index in [1.54, 1.807) is 11.8 Å². The van der Waals surface area contributed by atoms with E-state index in [1.807, 2.05) is 68.4 Å². The molecule has 0 spiro atoms. The molecule has 2 rings (SSSR count). The van der Waals surface area contributed by atoms with Crippen LogP contribution in [0, 0.1) is 0 Å². The number of ether oxygens (including phenoxy) is 1. The van der Waals surface area contributed by atoms with Crippen molar-refractivity contribution < 1.29 is 14.3 Å². The largest absolute Gasteiger partial charge is 0.484 e. The van der Waals surface area contributed by atoms with Gasteiger partial charge in [0.2, 0.25) is 5.91 Å². The highest BCUT2D eigenvalue weighted by Crippen LogP contribution is 2.18. The van der Waals surface area contributed by atoms with Gasteiger partial charge < -0.3 is 15.0 Å². The van der Waals surface area contributed by atoms with E-state index in [0.717, 1.165) is 5.56 Å². The zero-order chi connectivity index (χ0) is 22.1. The minimum absolute atomic E-state index is 0.0155. The maximum Gasteiger partial charge on any atom is 0.261 e. The molecule has 2 amide bonds. The lowest BCUT2D eigenvalue weighted by molar-refractivity contribution is -0.141. The standard InChI is InChI=1S/C25H34N2O3/c1-18(2)22-11-13-23(14-12-22)30-17-24(28)27(20(5)25(29)26-19(3)4)16-15-21-9-7-6-8-10-21/h6-14,18-20H,15-17H2,1-5H3,(H,26,29)/t20-/m0/s1. The number of nitrogens with one attached hydrogen (secondary N) is 1. The molecule has 0 unspecified atom stereocenters. The molecule has 0 radical (unpaired) electrons. The number of hydrogen-bond acceptors (Lipinski definition) is 3. The van der Waals surface area contributed by atoms with Gasteiger partial charge >= 0.3 is 0 Å². The summed E-state index contributed by atoms with van der Waals surface area (Å²) >= 11 is 0. The minimum Gasteiger partial charge on any atom is -0.484 e. The molecule has 0 aliphatic heterocycles. The molecule has 30 heavy (non-hydrogen) atoms. The highest BCUT2D eigenvalue weighted by Gasteiger charge is 2.26. The first-order chi connectivity index (χ1) is 14.3. The van der Waals surface area contributed by atoms with Gasteiger partial charge in [0.05, 0.1) is 0 Å². The summed E-state index contributed by atoms with van der Waals surface area (Å²) in [6.07, 6.45) is 0.676. The van der Waals surface area contributed by atoms with Gasteiger partial charge in [0, 0.05) is 12.6 Å². The van der Waals surface area contributed by atoms with Gasteiger partial charge in [-0.15, -0.1) is 0 Å². The van der Waals surface area contributed by atoms with E-state index >= 15 is 0 Å². The summed E-state index contributed by atoms with van der Waals surface area (Å²) in [7, 11) is 0. The second-order valence-corrected chi connectivity index (χ2v) is 8.17. The van der Waals surface area contributed by atoms with Gasteiger partial charge in [-0.1, -0.05) is 56.3 Å². The monoisotopic (exact) mass is 410 g/mol.